The lowest BCUT2D eigenvalue weighted by Gasteiger charge is -2.16. The smallest absolute Gasteiger partial charge is 0.267 e. The SMILES string of the molecule is COc1ccc(CN=C2S/C(=C/C(=O)Nc3ccc(F)cc3)C(=O)N2Cc2ccc(OC)cc2)cc1.[Br-]. The predicted molar refractivity (Wildman–Crippen MR) is 138 cm³/mol. The largest absolute Gasteiger partial charge is 1.00 e. The molecule has 0 atom stereocenters. The molecule has 0 saturated carbocycles. The van der Waals surface area contributed by atoms with Crippen LogP contribution in [0.25, 0.3) is 0 Å². The normalized spacial score (nSPS) is 15.0. The number of nitrogens with one attached hydrogen (secondary N) is 1. The molecule has 10 heteroatoms. The Hall–Kier alpha value is -3.63. The van der Waals surface area contributed by atoms with E-state index in [0.717, 1.165) is 28.6 Å². The molecule has 0 aliphatic carbocycles. The first-order chi connectivity index (χ1) is 17.4. The van der Waals surface area contributed by atoms with E-state index in [-0.39, 0.29) is 34.3 Å². The van der Waals surface area contributed by atoms with Crippen molar-refractivity contribution in [1.82, 2.24) is 4.90 Å². The molecule has 0 aromatic heterocycles. The van der Waals surface area contributed by atoms with Gasteiger partial charge in [-0.1, -0.05) is 24.3 Å². The van der Waals surface area contributed by atoms with Crippen molar-refractivity contribution in [1.29, 1.82) is 0 Å². The van der Waals surface area contributed by atoms with Gasteiger partial charge in [-0.25, -0.2) is 4.39 Å². The predicted octanol–water partition coefficient (Wildman–Crippen LogP) is 2.00. The van der Waals surface area contributed by atoms with Crippen LogP contribution >= 0.6 is 11.8 Å². The summed E-state index contributed by atoms with van der Waals surface area (Å²) < 4.78 is 23.5. The Labute approximate surface area is 229 Å². The van der Waals surface area contributed by atoms with Crippen LogP contribution in [-0.4, -0.2) is 36.1 Å². The summed E-state index contributed by atoms with van der Waals surface area (Å²) in [5.41, 5.74) is 2.27. The number of ether oxygens (including phenoxy) is 2. The van der Waals surface area contributed by atoms with Crippen LogP contribution in [0.15, 0.2) is 88.8 Å². The maximum absolute atomic E-state index is 13.3. The number of aliphatic imine (C=N–C) groups is 1. The lowest BCUT2D eigenvalue weighted by atomic mass is 10.2. The number of carbonyl (C=O) groups is 2. The number of amides is 2. The third-order valence-electron chi connectivity index (χ3n) is 5.32. The fraction of sp³-hybridized carbons (Fsp3) is 0.148. The Kier molecular flexibility index (Phi) is 9.87. The molecule has 1 aliphatic rings. The van der Waals surface area contributed by atoms with Crippen molar-refractivity contribution in [2.45, 2.75) is 13.1 Å². The Morgan fingerprint density at radius 3 is 2.08 bits per heavy atom. The minimum atomic E-state index is -0.488. The Balaban J connectivity index is 0.00000380. The maximum atomic E-state index is 13.3. The van der Waals surface area contributed by atoms with Crippen LogP contribution in [0.3, 0.4) is 0 Å². The van der Waals surface area contributed by atoms with Gasteiger partial charge in [0, 0.05) is 11.8 Å². The highest BCUT2D eigenvalue weighted by atomic mass is 79.9. The molecule has 0 spiro atoms. The summed E-state index contributed by atoms with van der Waals surface area (Å²) in [5, 5.41) is 3.14. The van der Waals surface area contributed by atoms with Crippen LogP contribution in [0.2, 0.25) is 0 Å². The molecule has 4 rings (SSSR count). The second-order valence-electron chi connectivity index (χ2n) is 7.79. The number of anilines is 1. The van der Waals surface area contributed by atoms with E-state index in [1.165, 1.54) is 30.3 Å². The molecule has 1 heterocycles. The molecule has 1 aliphatic heterocycles. The van der Waals surface area contributed by atoms with Crippen molar-refractivity contribution in [3.8, 4) is 11.5 Å². The van der Waals surface area contributed by atoms with Crippen molar-refractivity contribution in [2.24, 2.45) is 4.99 Å². The van der Waals surface area contributed by atoms with E-state index in [9.17, 15) is 14.0 Å². The van der Waals surface area contributed by atoms with Crippen molar-refractivity contribution in [3.63, 3.8) is 0 Å². The number of carbonyl (C=O) groups excluding carboxylic acids is 2. The van der Waals surface area contributed by atoms with Gasteiger partial charge in [-0.15, -0.1) is 0 Å². The van der Waals surface area contributed by atoms with Crippen molar-refractivity contribution < 1.29 is 40.4 Å². The maximum Gasteiger partial charge on any atom is 0.267 e. The highest BCUT2D eigenvalue weighted by Gasteiger charge is 2.34. The van der Waals surface area contributed by atoms with E-state index >= 15 is 0 Å². The van der Waals surface area contributed by atoms with Gasteiger partial charge in [0.15, 0.2) is 5.17 Å². The number of benzene rings is 3. The zero-order valence-electron chi connectivity index (χ0n) is 20.1. The van der Waals surface area contributed by atoms with E-state index < -0.39 is 11.7 Å². The van der Waals surface area contributed by atoms with Crippen molar-refractivity contribution in [3.05, 3.63) is 101 Å². The molecular weight excluding hydrogens is 561 g/mol. The minimum Gasteiger partial charge on any atom is -1.00 e. The fourth-order valence-corrected chi connectivity index (χ4v) is 4.35. The monoisotopic (exact) mass is 584 g/mol. The quantitative estimate of drug-likeness (QED) is 0.410. The number of thioether (sulfide) groups is 1. The molecule has 1 N–H and O–H groups in total. The molecular formula is C27H24BrFN3O4S-. The molecule has 2 amide bonds. The first-order valence-corrected chi connectivity index (χ1v) is 11.8. The van der Waals surface area contributed by atoms with Crippen LogP contribution in [0.4, 0.5) is 10.1 Å². The van der Waals surface area contributed by atoms with Crippen LogP contribution in [0.1, 0.15) is 11.1 Å². The molecule has 3 aromatic carbocycles. The van der Waals surface area contributed by atoms with Gasteiger partial charge in [-0.2, -0.15) is 0 Å². The first kappa shape index (κ1) is 27.9. The molecule has 7 nitrogen and oxygen atoms in total. The van der Waals surface area contributed by atoms with Gasteiger partial charge in [0.1, 0.15) is 17.3 Å². The number of hydrogen-bond acceptors (Lipinski definition) is 6. The molecule has 1 fully saturated rings. The molecule has 1 saturated heterocycles. The van der Waals surface area contributed by atoms with E-state index in [4.69, 9.17) is 9.47 Å². The van der Waals surface area contributed by atoms with Crippen LogP contribution in [0.5, 0.6) is 11.5 Å². The summed E-state index contributed by atoms with van der Waals surface area (Å²) in [6, 6.07) is 20.3. The zero-order valence-corrected chi connectivity index (χ0v) is 22.5. The average Bonchev–Trinajstić information content (AvgIpc) is 3.18. The van der Waals surface area contributed by atoms with E-state index in [1.54, 1.807) is 19.1 Å². The summed E-state index contributed by atoms with van der Waals surface area (Å²) in [6.45, 7) is 0.641. The summed E-state index contributed by atoms with van der Waals surface area (Å²) in [5.74, 6) is 0.249. The summed E-state index contributed by atoms with van der Waals surface area (Å²) >= 11 is 1.14. The number of nitrogens with zero attached hydrogens (tertiary/aromatic N) is 2. The Bertz CT molecular complexity index is 1300. The molecule has 3 aromatic rings. The van der Waals surface area contributed by atoms with Gasteiger partial charge in [-0.3, -0.25) is 19.5 Å². The Morgan fingerprint density at radius 1 is 0.946 bits per heavy atom. The number of methoxy groups -OCH3 is 2. The van der Waals surface area contributed by atoms with Gasteiger partial charge in [0.2, 0.25) is 5.91 Å². The van der Waals surface area contributed by atoms with Gasteiger partial charge < -0.3 is 31.8 Å². The third-order valence-corrected chi connectivity index (χ3v) is 6.36. The fourth-order valence-electron chi connectivity index (χ4n) is 3.40. The van der Waals surface area contributed by atoms with Crippen molar-refractivity contribution in [2.75, 3.05) is 19.5 Å². The number of halogens is 2. The second kappa shape index (κ2) is 13.1. The standard InChI is InChI=1S/C27H24FN3O4S.BrH/c1-34-22-11-3-18(4-12-22)16-29-27-31(17-19-5-13-23(35-2)14-6-19)26(33)24(36-27)15-25(32)30-21-9-7-20(28)8-10-21;/h3-15H,16-17H2,1-2H3,(H,30,32);1H/p-1/b24-15+,29-27?;. The van der Waals surface area contributed by atoms with Crippen LogP contribution in [0, 0.1) is 5.82 Å². The average molecular weight is 585 g/mol. The molecule has 0 bridgehead atoms. The summed E-state index contributed by atoms with van der Waals surface area (Å²) in [7, 11) is 3.20. The minimum absolute atomic E-state index is 0. The number of hydrogen-bond donors (Lipinski definition) is 1. The van der Waals surface area contributed by atoms with Gasteiger partial charge >= 0.3 is 0 Å². The van der Waals surface area contributed by atoms with Gasteiger partial charge in [0.25, 0.3) is 5.91 Å². The second-order valence-corrected chi connectivity index (χ2v) is 8.80. The molecule has 37 heavy (non-hydrogen) atoms. The molecule has 192 valence electrons. The number of amidine groups is 1. The first-order valence-electron chi connectivity index (χ1n) is 11.0. The van der Waals surface area contributed by atoms with Gasteiger partial charge in [0.05, 0.1) is 32.2 Å². The topological polar surface area (TPSA) is 80.2 Å². The summed E-state index contributed by atoms with van der Waals surface area (Å²) in [4.78, 5) is 32.3. The Morgan fingerprint density at radius 2 is 1.51 bits per heavy atom. The highest BCUT2D eigenvalue weighted by Crippen LogP contribution is 2.33. The van der Waals surface area contributed by atoms with Crippen LogP contribution < -0.4 is 31.8 Å². The van der Waals surface area contributed by atoms with E-state index in [2.05, 4.69) is 10.3 Å². The highest BCUT2D eigenvalue weighted by molar-refractivity contribution is 8.18. The van der Waals surface area contributed by atoms with Gasteiger partial charge in [-0.05, 0) is 71.4 Å². The lowest BCUT2D eigenvalue weighted by molar-refractivity contribution is -0.123. The zero-order chi connectivity index (χ0) is 25.5. The molecule has 0 unspecified atom stereocenters. The summed E-state index contributed by atoms with van der Waals surface area (Å²) in [6.07, 6.45) is 1.24. The number of rotatable bonds is 8. The van der Waals surface area contributed by atoms with E-state index in [0.29, 0.717) is 23.1 Å². The van der Waals surface area contributed by atoms with Crippen molar-refractivity contribution >= 4 is 34.4 Å². The molecule has 0 radical (unpaired) electrons. The lowest BCUT2D eigenvalue weighted by Crippen LogP contribution is -3.00. The third kappa shape index (κ3) is 7.43. The van der Waals surface area contributed by atoms with E-state index in [1.807, 2.05) is 48.5 Å². The van der Waals surface area contributed by atoms with Crippen LogP contribution in [-0.2, 0) is 22.7 Å².